The maximum absolute atomic E-state index is 13.1. The lowest BCUT2D eigenvalue weighted by molar-refractivity contribution is -0.119. The van der Waals surface area contributed by atoms with Gasteiger partial charge in [-0.05, 0) is 61.6 Å². The molecule has 0 saturated carbocycles. The van der Waals surface area contributed by atoms with E-state index >= 15 is 0 Å². The molecule has 0 atom stereocenters. The van der Waals surface area contributed by atoms with Gasteiger partial charge >= 0.3 is 0 Å². The highest BCUT2D eigenvalue weighted by molar-refractivity contribution is 7.12. The van der Waals surface area contributed by atoms with Gasteiger partial charge in [-0.15, -0.1) is 11.3 Å². The molecule has 0 bridgehead atoms. The van der Waals surface area contributed by atoms with Crippen molar-refractivity contribution in [3.05, 3.63) is 46.3 Å². The summed E-state index contributed by atoms with van der Waals surface area (Å²) in [6.07, 6.45) is 3.52. The van der Waals surface area contributed by atoms with E-state index < -0.39 is 5.91 Å². The molecule has 2 amide bonds. The number of fused-ring (bicyclic) bond motifs is 2. The largest absolute Gasteiger partial charge is 0.495 e. The first-order chi connectivity index (χ1) is 18.4. The molecule has 11 nitrogen and oxygen atoms in total. The molecule has 0 aliphatic carbocycles. The maximum Gasteiger partial charge on any atom is 0.260 e. The van der Waals surface area contributed by atoms with Crippen LogP contribution in [0.3, 0.4) is 0 Å². The molecule has 12 heteroatoms. The van der Waals surface area contributed by atoms with Crippen LogP contribution >= 0.6 is 11.3 Å². The molecule has 0 spiro atoms. The van der Waals surface area contributed by atoms with Crippen LogP contribution in [-0.4, -0.2) is 65.5 Å². The number of likely N-dealkylation sites (N-methyl/N-ethyl adjacent to an activating group) is 1. The first-order valence-corrected chi connectivity index (χ1v) is 13.2. The second-order valence-corrected chi connectivity index (χ2v) is 9.99. The molecular formula is C26H30N8O3S. The molecule has 5 rings (SSSR count). The highest BCUT2D eigenvalue weighted by Gasteiger charge is 2.25. The van der Waals surface area contributed by atoms with E-state index in [2.05, 4.69) is 20.6 Å². The third-order valence-electron chi connectivity index (χ3n) is 6.57. The molecule has 0 radical (unpaired) electrons. The van der Waals surface area contributed by atoms with E-state index in [-0.39, 0.29) is 5.91 Å². The van der Waals surface area contributed by atoms with Crippen LogP contribution in [0, 0.1) is 0 Å². The molecule has 1 aliphatic rings. The third-order valence-corrected chi connectivity index (χ3v) is 7.50. The number of amides is 2. The van der Waals surface area contributed by atoms with Crippen molar-refractivity contribution >= 4 is 63.0 Å². The summed E-state index contributed by atoms with van der Waals surface area (Å²) in [5.74, 6) is 1.00. The van der Waals surface area contributed by atoms with Crippen molar-refractivity contribution in [2.45, 2.75) is 19.8 Å². The Bertz CT molecular complexity index is 1500. The van der Waals surface area contributed by atoms with Crippen LogP contribution in [0.2, 0.25) is 0 Å². The van der Waals surface area contributed by atoms with Crippen LogP contribution in [0.25, 0.3) is 11.0 Å². The van der Waals surface area contributed by atoms with Crippen molar-refractivity contribution < 1.29 is 14.3 Å². The zero-order valence-electron chi connectivity index (χ0n) is 21.5. The van der Waals surface area contributed by atoms with Crippen LogP contribution in [0.15, 0.2) is 35.8 Å². The fourth-order valence-corrected chi connectivity index (χ4v) is 5.21. The monoisotopic (exact) mass is 534 g/mol. The minimum atomic E-state index is -0.511. The highest BCUT2D eigenvalue weighted by Crippen LogP contribution is 2.38. The number of methoxy groups -OCH3 is 1. The summed E-state index contributed by atoms with van der Waals surface area (Å²) >= 11 is 1.26. The summed E-state index contributed by atoms with van der Waals surface area (Å²) in [6, 6.07) is 7.54. The molecule has 1 aromatic carbocycles. The van der Waals surface area contributed by atoms with Crippen LogP contribution in [-0.2, 0) is 11.2 Å². The number of anilines is 5. The molecule has 0 unspecified atom stereocenters. The number of primary amides is 1. The maximum atomic E-state index is 13.1. The van der Waals surface area contributed by atoms with Crippen molar-refractivity contribution in [3.8, 4) is 5.75 Å². The fourth-order valence-electron chi connectivity index (χ4n) is 4.50. The van der Waals surface area contributed by atoms with Crippen molar-refractivity contribution in [2.24, 2.45) is 5.73 Å². The molecule has 3 aromatic heterocycles. The normalized spacial score (nSPS) is 13.0. The predicted molar refractivity (Wildman–Crippen MR) is 150 cm³/mol. The van der Waals surface area contributed by atoms with Gasteiger partial charge in [0, 0.05) is 18.4 Å². The zero-order valence-corrected chi connectivity index (χ0v) is 22.3. The third kappa shape index (κ3) is 5.00. The molecule has 198 valence electrons. The van der Waals surface area contributed by atoms with Gasteiger partial charge in [-0.3, -0.25) is 14.5 Å². The number of aromatic nitrogens is 3. The van der Waals surface area contributed by atoms with Gasteiger partial charge in [0.25, 0.3) is 5.91 Å². The number of aryl methyl sites for hydroxylation is 1. The fraction of sp³-hybridized carbons (Fsp3) is 0.308. The molecule has 1 aliphatic heterocycles. The highest BCUT2D eigenvalue weighted by atomic mass is 32.1. The molecule has 4 aromatic rings. The second kappa shape index (κ2) is 10.7. The number of thiophene rings is 1. The average Bonchev–Trinajstić information content (AvgIpc) is 3.57. The number of ether oxygens (including phenoxy) is 1. The van der Waals surface area contributed by atoms with E-state index in [0.717, 1.165) is 36.0 Å². The van der Waals surface area contributed by atoms with E-state index in [4.69, 9.17) is 15.5 Å². The minimum absolute atomic E-state index is 0.0583. The summed E-state index contributed by atoms with van der Waals surface area (Å²) in [5.41, 5.74) is 9.27. The Morgan fingerprint density at radius 3 is 2.84 bits per heavy atom. The topological polar surface area (TPSA) is 142 Å². The van der Waals surface area contributed by atoms with Gasteiger partial charge < -0.3 is 31.0 Å². The number of nitrogens with one attached hydrogen (secondary N) is 3. The number of H-pyrrole nitrogens is 1. The zero-order chi connectivity index (χ0) is 26.8. The summed E-state index contributed by atoms with van der Waals surface area (Å²) in [6.45, 7) is 3.84. The van der Waals surface area contributed by atoms with Gasteiger partial charge in [-0.2, -0.15) is 9.97 Å². The summed E-state index contributed by atoms with van der Waals surface area (Å²) in [7, 11) is 3.55. The van der Waals surface area contributed by atoms with Gasteiger partial charge in [-0.1, -0.05) is 6.92 Å². The standard InChI is InChI=1S/C26H30N8O3S/c1-4-33(2)14-21(35)34-10-5-6-15-12-20(37-3)18(13-19(15)34)30-26-31-24-16(7-9-28-24)25(32-26)29-17-8-11-38-22(17)23(27)36/h7-9,11-13H,4-6,10,14H2,1-3H3,(H2,27,36)(H3,28,29,30,31,32). The number of rotatable bonds is 9. The molecule has 4 heterocycles. The number of carbonyl (C=O) groups excluding carboxylic acids is 2. The van der Waals surface area contributed by atoms with Gasteiger partial charge in [-0.25, -0.2) is 0 Å². The Hall–Kier alpha value is -4.16. The number of nitrogens with two attached hydrogens (primary N) is 1. The lowest BCUT2D eigenvalue weighted by Gasteiger charge is -2.31. The average molecular weight is 535 g/mol. The number of hydrogen-bond donors (Lipinski definition) is 4. The molecule has 5 N–H and O–H groups in total. The van der Waals surface area contributed by atoms with E-state index in [1.807, 2.05) is 42.0 Å². The smallest absolute Gasteiger partial charge is 0.260 e. The summed E-state index contributed by atoms with van der Waals surface area (Å²) in [5, 5.41) is 9.05. The number of aromatic amines is 1. The van der Waals surface area contributed by atoms with Crippen LogP contribution in [0.4, 0.5) is 28.8 Å². The van der Waals surface area contributed by atoms with Crippen LogP contribution in [0.1, 0.15) is 28.6 Å². The molecule has 0 fully saturated rings. The second-order valence-electron chi connectivity index (χ2n) is 9.07. The number of carbonyl (C=O) groups is 2. The molecule has 0 saturated heterocycles. The first kappa shape index (κ1) is 25.5. The SMILES string of the molecule is CCN(C)CC(=O)N1CCCc2cc(OC)c(Nc3nc(Nc4ccsc4C(N)=O)c4cc[nH]c4n3)cc21. The molecule has 38 heavy (non-hydrogen) atoms. The Balaban J connectivity index is 1.50. The van der Waals surface area contributed by atoms with Gasteiger partial charge in [0.05, 0.1) is 30.4 Å². The van der Waals surface area contributed by atoms with Crippen LogP contribution < -0.4 is 26.0 Å². The lowest BCUT2D eigenvalue weighted by Crippen LogP contribution is -2.41. The quantitative estimate of drug-likeness (QED) is 0.254. The summed E-state index contributed by atoms with van der Waals surface area (Å²) in [4.78, 5) is 41.6. The van der Waals surface area contributed by atoms with E-state index in [1.165, 1.54) is 11.3 Å². The number of nitrogens with zero attached hydrogens (tertiary/aromatic N) is 4. The number of hydrogen-bond acceptors (Lipinski definition) is 9. The van der Waals surface area contributed by atoms with E-state index in [9.17, 15) is 9.59 Å². The van der Waals surface area contributed by atoms with Crippen LogP contribution in [0.5, 0.6) is 5.75 Å². The lowest BCUT2D eigenvalue weighted by atomic mass is 10.00. The van der Waals surface area contributed by atoms with E-state index in [1.54, 1.807) is 24.8 Å². The molecular weight excluding hydrogens is 504 g/mol. The Labute approximate surface area is 224 Å². The van der Waals surface area contributed by atoms with Gasteiger partial charge in [0.15, 0.2) is 0 Å². The first-order valence-electron chi connectivity index (χ1n) is 12.3. The Morgan fingerprint density at radius 1 is 1.24 bits per heavy atom. The van der Waals surface area contributed by atoms with E-state index in [0.29, 0.717) is 52.5 Å². The van der Waals surface area contributed by atoms with Crippen molar-refractivity contribution in [1.29, 1.82) is 0 Å². The van der Waals surface area contributed by atoms with Gasteiger partial charge in [0.2, 0.25) is 11.9 Å². The Morgan fingerprint density at radius 2 is 2.08 bits per heavy atom. The Kier molecular flexibility index (Phi) is 7.16. The minimum Gasteiger partial charge on any atom is -0.495 e. The number of benzene rings is 1. The van der Waals surface area contributed by atoms with Gasteiger partial charge in [0.1, 0.15) is 22.1 Å². The van der Waals surface area contributed by atoms with Crippen molar-refractivity contribution in [2.75, 3.05) is 49.3 Å². The summed E-state index contributed by atoms with van der Waals surface area (Å²) < 4.78 is 5.69. The predicted octanol–water partition coefficient (Wildman–Crippen LogP) is 3.85. The van der Waals surface area contributed by atoms with Crippen molar-refractivity contribution in [3.63, 3.8) is 0 Å². The van der Waals surface area contributed by atoms with Crippen molar-refractivity contribution in [1.82, 2.24) is 19.9 Å².